The fraction of sp³-hybridized carbons (Fsp3) is 0.586. The minimum absolute atomic E-state index is 0.0655. The van der Waals surface area contributed by atoms with E-state index in [1.54, 1.807) is 4.90 Å². The molecule has 5 heteroatoms. The van der Waals surface area contributed by atoms with E-state index < -0.39 is 6.04 Å². The highest BCUT2D eigenvalue weighted by atomic mass is 16.2. The van der Waals surface area contributed by atoms with E-state index in [1.165, 1.54) is 6.42 Å². The molecule has 1 heterocycles. The number of H-pyrrole nitrogens is 1. The van der Waals surface area contributed by atoms with Gasteiger partial charge in [-0.05, 0) is 84.3 Å². The molecular formula is C29H41N3O2. The summed E-state index contributed by atoms with van der Waals surface area (Å²) < 4.78 is 0. The largest absolute Gasteiger partial charge is 0.361 e. The first-order valence-electron chi connectivity index (χ1n) is 12.7. The highest BCUT2D eigenvalue weighted by Gasteiger charge is 2.38. The Morgan fingerprint density at radius 1 is 1.09 bits per heavy atom. The van der Waals surface area contributed by atoms with Crippen molar-refractivity contribution < 1.29 is 9.59 Å². The molecule has 3 rings (SSSR count). The second kappa shape index (κ2) is 10.7. The number of hydrogen-bond acceptors (Lipinski definition) is 2. The van der Waals surface area contributed by atoms with Gasteiger partial charge in [-0.15, -0.1) is 0 Å². The van der Waals surface area contributed by atoms with Crippen LogP contribution in [0.1, 0.15) is 79.2 Å². The lowest BCUT2D eigenvalue weighted by molar-refractivity contribution is -0.140. The van der Waals surface area contributed by atoms with Gasteiger partial charge in [-0.2, -0.15) is 0 Å². The lowest BCUT2D eigenvalue weighted by Crippen LogP contribution is -2.57. The maximum absolute atomic E-state index is 13.6. The lowest BCUT2D eigenvalue weighted by atomic mass is 9.82. The molecule has 2 aromatic rings. The van der Waals surface area contributed by atoms with Crippen molar-refractivity contribution in [3.05, 3.63) is 36.0 Å². The minimum Gasteiger partial charge on any atom is -0.361 e. The molecule has 1 saturated carbocycles. The van der Waals surface area contributed by atoms with Crippen LogP contribution in [-0.2, 0) is 16.0 Å². The number of carbonyl (C=O) groups excluding carboxylic acids is 2. The first kappa shape index (κ1) is 25.9. The van der Waals surface area contributed by atoms with Crippen LogP contribution in [0.15, 0.2) is 30.5 Å². The fourth-order valence-electron chi connectivity index (χ4n) is 4.76. The monoisotopic (exact) mass is 463 g/mol. The van der Waals surface area contributed by atoms with E-state index >= 15 is 0 Å². The van der Waals surface area contributed by atoms with Crippen molar-refractivity contribution in [1.29, 1.82) is 0 Å². The standard InChI is InChI=1S/C29H41N3O2/c1-28(2,3)18-16-25(33)32(19-17-22-20-30-24-15-11-10-14-23(22)24)26(21-12-8-7-9-13-21)27(34)31-29(4,5)6/h10-11,14-15,20-21,26,30H,7-9,12-13,17,19H2,1-6H3,(H,31,34). The number of aromatic amines is 1. The molecule has 1 atom stereocenters. The van der Waals surface area contributed by atoms with E-state index in [4.69, 9.17) is 0 Å². The number of aromatic nitrogens is 1. The second-order valence-corrected chi connectivity index (χ2v) is 11.7. The van der Waals surface area contributed by atoms with Crippen molar-refractivity contribution in [2.24, 2.45) is 11.3 Å². The quantitative estimate of drug-likeness (QED) is 0.559. The molecule has 5 nitrogen and oxygen atoms in total. The van der Waals surface area contributed by atoms with Gasteiger partial charge in [-0.25, -0.2) is 0 Å². The van der Waals surface area contributed by atoms with Crippen molar-refractivity contribution in [3.8, 4) is 11.8 Å². The summed E-state index contributed by atoms with van der Waals surface area (Å²) in [5, 5.41) is 4.32. The molecule has 34 heavy (non-hydrogen) atoms. The smallest absolute Gasteiger partial charge is 0.299 e. The van der Waals surface area contributed by atoms with Gasteiger partial charge in [0.25, 0.3) is 5.91 Å². The summed E-state index contributed by atoms with van der Waals surface area (Å²) in [5.41, 5.74) is 1.58. The van der Waals surface area contributed by atoms with E-state index in [0.717, 1.165) is 42.1 Å². The summed E-state index contributed by atoms with van der Waals surface area (Å²) >= 11 is 0. The molecule has 1 aromatic carbocycles. The highest BCUT2D eigenvalue weighted by molar-refractivity contribution is 5.97. The van der Waals surface area contributed by atoms with Gasteiger partial charge in [-0.3, -0.25) is 9.59 Å². The molecule has 2 N–H and O–H groups in total. The van der Waals surface area contributed by atoms with Crippen molar-refractivity contribution in [1.82, 2.24) is 15.2 Å². The molecule has 0 bridgehead atoms. The second-order valence-electron chi connectivity index (χ2n) is 11.7. The van der Waals surface area contributed by atoms with Gasteiger partial charge in [0.05, 0.1) is 0 Å². The van der Waals surface area contributed by atoms with Crippen LogP contribution in [0.4, 0.5) is 0 Å². The summed E-state index contributed by atoms with van der Waals surface area (Å²) in [6.45, 7) is 12.4. The van der Waals surface area contributed by atoms with Gasteiger partial charge in [0, 0.05) is 34.6 Å². The van der Waals surface area contributed by atoms with Gasteiger partial charge < -0.3 is 15.2 Å². The van der Waals surface area contributed by atoms with Gasteiger partial charge >= 0.3 is 0 Å². The number of rotatable bonds is 6. The van der Waals surface area contributed by atoms with Gasteiger partial charge in [0.1, 0.15) is 6.04 Å². The minimum atomic E-state index is -0.508. The Morgan fingerprint density at radius 2 is 1.76 bits per heavy atom. The van der Waals surface area contributed by atoms with E-state index in [1.807, 2.05) is 59.9 Å². The Morgan fingerprint density at radius 3 is 2.41 bits per heavy atom. The van der Waals surface area contributed by atoms with Gasteiger partial charge in [-0.1, -0.05) is 43.4 Å². The van der Waals surface area contributed by atoms with E-state index in [2.05, 4.69) is 34.3 Å². The molecule has 0 saturated heterocycles. The molecule has 1 aliphatic rings. The van der Waals surface area contributed by atoms with Crippen LogP contribution in [-0.4, -0.2) is 39.8 Å². The molecule has 1 aromatic heterocycles. The van der Waals surface area contributed by atoms with Crippen LogP contribution in [0, 0.1) is 23.2 Å². The SMILES string of the molecule is CC(C)(C)C#CC(=O)N(CCc1c[nH]c2ccccc12)C(C(=O)NC(C)(C)C)C1CCCCC1. The summed E-state index contributed by atoms with van der Waals surface area (Å²) in [4.78, 5) is 32.2. The molecule has 0 radical (unpaired) electrons. The molecule has 1 fully saturated rings. The predicted octanol–water partition coefficient (Wildman–Crippen LogP) is 5.45. The Balaban J connectivity index is 1.95. The van der Waals surface area contributed by atoms with Gasteiger partial charge in [0.2, 0.25) is 5.91 Å². The van der Waals surface area contributed by atoms with Crippen LogP contribution in [0.25, 0.3) is 10.9 Å². The maximum atomic E-state index is 13.6. The third kappa shape index (κ3) is 7.13. The Hall–Kier alpha value is -2.74. The van der Waals surface area contributed by atoms with E-state index in [-0.39, 0.29) is 28.7 Å². The van der Waals surface area contributed by atoms with Crippen molar-refractivity contribution >= 4 is 22.7 Å². The number of nitrogens with zero attached hydrogens (tertiary/aromatic N) is 1. The molecule has 1 unspecified atom stereocenters. The summed E-state index contributed by atoms with van der Waals surface area (Å²) in [6, 6.07) is 7.68. The number of nitrogens with one attached hydrogen (secondary N) is 2. The number of hydrogen-bond donors (Lipinski definition) is 2. The average molecular weight is 464 g/mol. The van der Waals surface area contributed by atoms with E-state index in [9.17, 15) is 9.59 Å². The molecule has 184 valence electrons. The van der Waals surface area contributed by atoms with Crippen molar-refractivity contribution in [2.45, 2.75) is 91.6 Å². The maximum Gasteiger partial charge on any atom is 0.299 e. The number of carbonyl (C=O) groups is 2. The third-order valence-electron chi connectivity index (χ3n) is 6.30. The van der Waals surface area contributed by atoms with Crippen molar-refractivity contribution in [3.63, 3.8) is 0 Å². The fourth-order valence-corrected chi connectivity index (χ4v) is 4.76. The van der Waals surface area contributed by atoms with Crippen LogP contribution in [0.3, 0.4) is 0 Å². The van der Waals surface area contributed by atoms with Crippen LogP contribution in [0.2, 0.25) is 0 Å². The Bertz CT molecular complexity index is 1050. The van der Waals surface area contributed by atoms with Crippen LogP contribution < -0.4 is 5.32 Å². The molecule has 1 aliphatic carbocycles. The lowest BCUT2D eigenvalue weighted by Gasteiger charge is -2.38. The molecular weight excluding hydrogens is 422 g/mol. The zero-order chi connectivity index (χ0) is 24.9. The predicted molar refractivity (Wildman–Crippen MR) is 139 cm³/mol. The highest BCUT2D eigenvalue weighted by Crippen LogP contribution is 2.30. The Labute approximate surface area is 205 Å². The zero-order valence-corrected chi connectivity index (χ0v) is 21.8. The number of fused-ring (bicyclic) bond motifs is 1. The normalized spacial score (nSPS) is 15.9. The molecule has 0 aliphatic heterocycles. The first-order valence-corrected chi connectivity index (χ1v) is 12.7. The van der Waals surface area contributed by atoms with Crippen LogP contribution >= 0.6 is 0 Å². The molecule has 0 spiro atoms. The number of amides is 2. The van der Waals surface area contributed by atoms with Crippen molar-refractivity contribution in [2.75, 3.05) is 6.54 Å². The zero-order valence-electron chi connectivity index (χ0n) is 21.8. The van der Waals surface area contributed by atoms with Gasteiger partial charge in [0.15, 0.2) is 0 Å². The van der Waals surface area contributed by atoms with E-state index in [0.29, 0.717) is 13.0 Å². The van der Waals surface area contributed by atoms with Crippen LogP contribution in [0.5, 0.6) is 0 Å². The third-order valence-corrected chi connectivity index (χ3v) is 6.30. The number of para-hydroxylation sites is 1. The Kier molecular flexibility index (Phi) is 8.13. The summed E-state index contributed by atoms with van der Waals surface area (Å²) in [6.07, 6.45) is 8.00. The molecule has 2 amide bonds. The topological polar surface area (TPSA) is 65.2 Å². The number of benzene rings is 1. The summed E-state index contributed by atoms with van der Waals surface area (Å²) in [7, 11) is 0. The first-order chi connectivity index (χ1) is 15.9. The average Bonchev–Trinajstić information content (AvgIpc) is 3.17. The summed E-state index contributed by atoms with van der Waals surface area (Å²) in [5.74, 6) is 5.80.